The first kappa shape index (κ1) is 32.5. The number of methoxy groups -OCH3 is 1. The van der Waals surface area contributed by atoms with Gasteiger partial charge in [-0.25, -0.2) is 4.79 Å². The summed E-state index contributed by atoms with van der Waals surface area (Å²) in [6, 6.07) is 11.2. The molecule has 2 atom stereocenters. The number of benzene rings is 2. The van der Waals surface area contributed by atoms with Gasteiger partial charge < -0.3 is 30.1 Å². The number of ether oxygens (including phenoxy) is 2. The van der Waals surface area contributed by atoms with E-state index in [1.54, 1.807) is 71.2 Å². The normalized spacial score (nSPS) is 12.7. The van der Waals surface area contributed by atoms with E-state index in [-0.39, 0.29) is 5.75 Å². The maximum Gasteiger partial charge on any atom is 0.408 e. The summed E-state index contributed by atoms with van der Waals surface area (Å²) in [5, 5.41) is 15.4. The second-order valence-electron chi connectivity index (χ2n) is 10.9. The molecule has 2 rings (SSSR count). The average molecular weight is 556 g/mol. The van der Waals surface area contributed by atoms with Crippen LogP contribution in [0.25, 0.3) is 0 Å². The smallest absolute Gasteiger partial charge is 0.408 e. The highest BCUT2D eigenvalue weighted by molar-refractivity contribution is 5.99. The molecule has 40 heavy (non-hydrogen) atoms. The van der Waals surface area contributed by atoms with Crippen molar-refractivity contribution < 1.29 is 29.0 Å². The number of hydrogen-bond acceptors (Lipinski definition) is 6. The SMILES string of the molecule is CCCCCCCCN(C(=O)C(C)NC(=O)OC(C)(C)C)C(C(=O)Nc1ccc(OC)cc1)c1ccc(O)cc1. The van der Waals surface area contributed by atoms with Crippen molar-refractivity contribution in [2.75, 3.05) is 19.0 Å². The molecule has 0 radical (unpaired) electrons. The number of nitrogens with zero attached hydrogens (tertiary/aromatic N) is 1. The number of carbonyl (C=O) groups excluding carboxylic acids is 3. The summed E-state index contributed by atoms with van der Waals surface area (Å²) < 4.78 is 10.5. The third-order valence-corrected chi connectivity index (χ3v) is 6.27. The highest BCUT2D eigenvalue weighted by atomic mass is 16.6. The molecule has 3 amide bonds. The predicted molar refractivity (Wildman–Crippen MR) is 156 cm³/mol. The molecule has 2 aromatic carbocycles. The Labute approximate surface area is 238 Å². The lowest BCUT2D eigenvalue weighted by molar-refractivity contribution is -0.140. The maximum atomic E-state index is 13.8. The van der Waals surface area contributed by atoms with Gasteiger partial charge in [0.1, 0.15) is 29.2 Å². The fourth-order valence-electron chi connectivity index (χ4n) is 4.24. The molecule has 0 saturated heterocycles. The van der Waals surface area contributed by atoms with Crippen molar-refractivity contribution in [3.8, 4) is 11.5 Å². The van der Waals surface area contributed by atoms with Crippen molar-refractivity contribution in [3.63, 3.8) is 0 Å². The number of phenols is 1. The van der Waals surface area contributed by atoms with Gasteiger partial charge in [-0.3, -0.25) is 9.59 Å². The van der Waals surface area contributed by atoms with E-state index in [9.17, 15) is 19.5 Å². The zero-order chi connectivity index (χ0) is 29.7. The van der Waals surface area contributed by atoms with Gasteiger partial charge in [-0.1, -0.05) is 51.2 Å². The second kappa shape index (κ2) is 15.7. The zero-order valence-electron chi connectivity index (χ0n) is 24.7. The van der Waals surface area contributed by atoms with Crippen LogP contribution in [0, 0.1) is 0 Å². The van der Waals surface area contributed by atoms with E-state index in [4.69, 9.17) is 9.47 Å². The minimum Gasteiger partial charge on any atom is -0.508 e. The lowest BCUT2D eigenvalue weighted by Crippen LogP contribution is -2.51. The standard InChI is InChI=1S/C31H45N3O6/c1-7-8-9-10-11-12-21-34(29(37)22(2)32-30(38)40-31(3,4)5)27(23-13-17-25(35)18-14-23)28(36)33-24-15-19-26(39-6)20-16-24/h13-20,22,27,35H,7-12,21H2,1-6H3,(H,32,38)(H,33,36). The molecule has 9 heteroatoms. The van der Waals surface area contributed by atoms with Gasteiger partial charge in [0, 0.05) is 12.2 Å². The lowest BCUT2D eigenvalue weighted by Gasteiger charge is -2.34. The van der Waals surface area contributed by atoms with Crippen LogP contribution < -0.4 is 15.4 Å². The molecule has 0 aliphatic rings. The van der Waals surface area contributed by atoms with Gasteiger partial charge in [0.05, 0.1) is 7.11 Å². The summed E-state index contributed by atoms with van der Waals surface area (Å²) in [7, 11) is 1.56. The Hall–Kier alpha value is -3.75. The van der Waals surface area contributed by atoms with Crippen molar-refractivity contribution in [3.05, 3.63) is 54.1 Å². The third-order valence-electron chi connectivity index (χ3n) is 6.27. The van der Waals surface area contributed by atoms with Gasteiger partial charge in [-0.15, -0.1) is 0 Å². The van der Waals surface area contributed by atoms with E-state index >= 15 is 0 Å². The van der Waals surface area contributed by atoms with E-state index in [1.807, 2.05) is 0 Å². The largest absolute Gasteiger partial charge is 0.508 e. The summed E-state index contributed by atoms with van der Waals surface area (Å²) in [6.07, 6.45) is 5.31. The van der Waals surface area contributed by atoms with Crippen molar-refractivity contribution in [2.24, 2.45) is 0 Å². The summed E-state index contributed by atoms with van der Waals surface area (Å²) >= 11 is 0. The topological polar surface area (TPSA) is 117 Å². The quantitative estimate of drug-likeness (QED) is 0.240. The van der Waals surface area contributed by atoms with E-state index in [1.165, 1.54) is 17.0 Å². The summed E-state index contributed by atoms with van der Waals surface area (Å²) in [6.45, 7) is 9.28. The molecule has 0 aromatic heterocycles. The number of nitrogens with one attached hydrogen (secondary N) is 2. The molecule has 0 fully saturated rings. The van der Waals surface area contributed by atoms with Gasteiger partial charge in [0.2, 0.25) is 5.91 Å². The Bertz CT molecular complexity index is 1080. The van der Waals surface area contributed by atoms with E-state index in [0.29, 0.717) is 30.0 Å². The van der Waals surface area contributed by atoms with Crippen LogP contribution in [0.4, 0.5) is 10.5 Å². The molecule has 220 valence electrons. The molecule has 0 aliphatic heterocycles. The van der Waals surface area contributed by atoms with Crippen LogP contribution in [0.1, 0.15) is 84.7 Å². The fourth-order valence-corrected chi connectivity index (χ4v) is 4.24. The number of alkyl carbamates (subject to hydrolysis) is 1. The minimum atomic E-state index is -1.01. The van der Waals surface area contributed by atoms with Gasteiger partial charge in [-0.05, 0) is 76.1 Å². The van der Waals surface area contributed by atoms with E-state index in [2.05, 4.69) is 17.6 Å². The molecule has 0 spiro atoms. The van der Waals surface area contributed by atoms with Crippen LogP contribution in [0.15, 0.2) is 48.5 Å². The zero-order valence-corrected chi connectivity index (χ0v) is 24.7. The number of anilines is 1. The number of unbranched alkanes of at least 4 members (excludes halogenated alkanes) is 5. The molecule has 2 unspecified atom stereocenters. The Morgan fingerprint density at radius 2 is 1.52 bits per heavy atom. The third kappa shape index (κ3) is 10.8. The Balaban J connectivity index is 2.37. The first-order chi connectivity index (χ1) is 18.9. The predicted octanol–water partition coefficient (Wildman–Crippen LogP) is 6.18. The first-order valence-electron chi connectivity index (χ1n) is 14.0. The van der Waals surface area contributed by atoms with Crippen molar-refractivity contribution in [2.45, 2.75) is 90.8 Å². The average Bonchev–Trinajstić information content (AvgIpc) is 2.89. The fraction of sp³-hybridized carbons (Fsp3) is 0.516. The monoisotopic (exact) mass is 555 g/mol. The molecular formula is C31H45N3O6. The van der Waals surface area contributed by atoms with Crippen LogP contribution in [-0.2, 0) is 14.3 Å². The lowest BCUT2D eigenvalue weighted by atomic mass is 10.0. The summed E-state index contributed by atoms with van der Waals surface area (Å²) in [4.78, 5) is 41.6. The molecule has 0 heterocycles. The number of aromatic hydroxyl groups is 1. The van der Waals surface area contributed by atoms with Gasteiger partial charge >= 0.3 is 6.09 Å². The van der Waals surface area contributed by atoms with Gasteiger partial charge in [0.15, 0.2) is 0 Å². The second-order valence-corrected chi connectivity index (χ2v) is 10.9. The van der Waals surface area contributed by atoms with Crippen molar-refractivity contribution in [1.82, 2.24) is 10.2 Å². The Morgan fingerprint density at radius 1 is 0.925 bits per heavy atom. The number of hydrogen-bond donors (Lipinski definition) is 3. The van der Waals surface area contributed by atoms with Crippen molar-refractivity contribution >= 4 is 23.6 Å². The number of carbonyl (C=O) groups is 3. The number of rotatable bonds is 14. The van der Waals surface area contributed by atoms with Crippen LogP contribution in [0.2, 0.25) is 0 Å². The summed E-state index contributed by atoms with van der Waals surface area (Å²) in [5.41, 5.74) is 0.354. The molecule has 0 aliphatic carbocycles. The van der Waals surface area contributed by atoms with Crippen LogP contribution in [-0.4, -0.2) is 53.2 Å². The minimum absolute atomic E-state index is 0.0480. The van der Waals surface area contributed by atoms with Gasteiger partial charge in [-0.2, -0.15) is 0 Å². The molecule has 0 saturated carbocycles. The van der Waals surface area contributed by atoms with Crippen LogP contribution in [0.5, 0.6) is 11.5 Å². The van der Waals surface area contributed by atoms with Crippen LogP contribution >= 0.6 is 0 Å². The Kier molecular flexibility index (Phi) is 12.8. The molecule has 0 bridgehead atoms. The van der Waals surface area contributed by atoms with E-state index < -0.39 is 35.6 Å². The molecule has 9 nitrogen and oxygen atoms in total. The number of amides is 3. The highest BCUT2D eigenvalue weighted by Gasteiger charge is 2.34. The Morgan fingerprint density at radius 3 is 2.10 bits per heavy atom. The highest BCUT2D eigenvalue weighted by Crippen LogP contribution is 2.27. The summed E-state index contributed by atoms with van der Waals surface area (Å²) in [5.74, 6) is -0.135. The van der Waals surface area contributed by atoms with E-state index in [0.717, 1.165) is 32.1 Å². The molecular weight excluding hydrogens is 510 g/mol. The molecule has 3 N–H and O–H groups in total. The maximum absolute atomic E-state index is 13.8. The van der Waals surface area contributed by atoms with Crippen molar-refractivity contribution in [1.29, 1.82) is 0 Å². The number of phenolic OH excluding ortho intramolecular Hbond substituents is 1. The molecule has 2 aromatic rings. The van der Waals surface area contributed by atoms with Gasteiger partial charge in [0.25, 0.3) is 5.91 Å². The van der Waals surface area contributed by atoms with Crippen LogP contribution in [0.3, 0.4) is 0 Å². The first-order valence-corrected chi connectivity index (χ1v) is 14.0.